The van der Waals surface area contributed by atoms with Gasteiger partial charge in [0.25, 0.3) is 0 Å². The Morgan fingerprint density at radius 2 is 2.19 bits per heavy atom. The average Bonchev–Trinajstić information content (AvgIpc) is 2.84. The number of hydrogen-bond donors (Lipinski definition) is 1. The standard InChI is InChI=1S/C10H16N6/c1-8(10-14-13-7-16(10)3)12-6-9-11-4-5-15(9)2/h4-5,7-8,12H,6H2,1-3H3. The van der Waals surface area contributed by atoms with E-state index in [4.69, 9.17) is 0 Å². The number of nitrogens with one attached hydrogen (secondary N) is 1. The maximum absolute atomic E-state index is 4.25. The number of imidazole rings is 1. The van der Waals surface area contributed by atoms with Crippen molar-refractivity contribution >= 4 is 0 Å². The quantitative estimate of drug-likeness (QED) is 0.810. The highest BCUT2D eigenvalue weighted by Crippen LogP contribution is 2.07. The zero-order valence-electron chi connectivity index (χ0n) is 9.75. The van der Waals surface area contributed by atoms with Crippen LogP contribution >= 0.6 is 0 Å². The summed E-state index contributed by atoms with van der Waals surface area (Å²) in [7, 11) is 3.92. The molecule has 0 spiro atoms. The Balaban J connectivity index is 1.97. The maximum atomic E-state index is 4.25. The van der Waals surface area contributed by atoms with Crippen LogP contribution in [0.4, 0.5) is 0 Å². The molecule has 6 nitrogen and oxygen atoms in total. The van der Waals surface area contributed by atoms with Crippen molar-refractivity contribution in [3.8, 4) is 0 Å². The van der Waals surface area contributed by atoms with Gasteiger partial charge in [-0.15, -0.1) is 10.2 Å². The third-order valence-corrected chi connectivity index (χ3v) is 2.62. The molecule has 0 aliphatic carbocycles. The van der Waals surface area contributed by atoms with E-state index in [9.17, 15) is 0 Å². The van der Waals surface area contributed by atoms with Crippen LogP contribution in [0.15, 0.2) is 18.7 Å². The van der Waals surface area contributed by atoms with Crippen molar-refractivity contribution < 1.29 is 0 Å². The molecule has 0 aliphatic rings. The first-order valence-electron chi connectivity index (χ1n) is 5.22. The highest BCUT2D eigenvalue weighted by Gasteiger charge is 2.11. The lowest BCUT2D eigenvalue weighted by molar-refractivity contribution is 0.511. The second-order valence-electron chi connectivity index (χ2n) is 3.86. The van der Waals surface area contributed by atoms with E-state index in [1.165, 1.54) is 0 Å². The first kappa shape index (κ1) is 10.8. The van der Waals surface area contributed by atoms with Gasteiger partial charge in [-0.3, -0.25) is 0 Å². The molecule has 16 heavy (non-hydrogen) atoms. The van der Waals surface area contributed by atoms with Gasteiger partial charge in [0.15, 0.2) is 0 Å². The van der Waals surface area contributed by atoms with Gasteiger partial charge in [-0.2, -0.15) is 0 Å². The summed E-state index contributed by atoms with van der Waals surface area (Å²) in [5, 5.41) is 11.3. The second-order valence-corrected chi connectivity index (χ2v) is 3.86. The zero-order valence-corrected chi connectivity index (χ0v) is 9.75. The Bertz CT molecular complexity index is 457. The molecule has 0 aromatic carbocycles. The Morgan fingerprint density at radius 3 is 2.75 bits per heavy atom. The minimum absolute atomic E-state index is 0.157. The zero-order chi connectivity index (χ0) is 11.5. The summed E-state index contributed by atoms with van der Waals surface area (Å²) in [6.07, 6.45) is 5.43. The van der Waals surface area contributed by atoms with Crippen LogP contribution in [0.5, 0.6) is 0 Å². The van der Waals surface area contributed by atoms with Crippen molar-refractivity contribution in [2.45, 2.75) is 19.5 Å². The van der Waals surface area contributed by atoms with Gasteiger partial charge in [0, 0.05) is 26.5 Å². The van der Waals surface area contributed by atoms with Gasteiger partial charge in [0.2, 0.25) is 0 Å². The summed E-state index contributed by atoms with van der Waals surface area (Å²) < 4.78 is 3.91. The van der Waals surface area contributed by atoms with E-state index in [1.807, 2.05) is 29.4 Å². The summed E-state index contributed by atoms with van der Waals surface area (Å²) >= 11 is 0. The van der Waals surface area contributed by atoms with Gasteiger partial charge < -0.3 is 14.5 Å². The van der Waals surface area contributed by atoms with Crippen LogP contribution < -0.4 is 5.32 Å². The number of rotatable bonds is 4. The van der Waals surface area contributed by atoms with Gasteiger partial charge in [-0.25, -0.2) is 4.98 Å². The normalized spacial score (nSPS) is 12.9. The Morgan fingerprint density at radius 1 is 1.38 bits per heavy atom. The molecule has 0 saturated carbocycles. The molecule has 0 saturated heterocycles. The van der Waals surface area contributed by atoms with E-state index in [2.05, 4.69) is 27.4 Å². The third kappa shape index (κ3) is 2.11. The predicted molar refractivity (Wildman–Crippen MR) is 59.5 cm³/mol. The lowest BCUT2D eigenvalue weighted by Gasteiger charge is -2.12. The summed E-state index contributed by atoms with van der Waals surface area (Å²) in [6, 6.07) is 0.157. The van der Waals surface area contributed by atoms with Crippen molar-refractivity contribution in [2.75, 3.05) is 0 Å². The number of aryl methyl sites for hydroxylation is 2. The van der Waals surface area contributed by atoms with E-state index < -0.39 is 0 Å². The minimum atomic E-state index is 0.157. The molecule has 2 aromatic rings. The topological polar surface area (TPSA) is 60.6 Å². The number of nitrogens with zero attached hydrogens (tertiary/aromatic N) is 5. The average molecular weight is 220 g/mol. The molecular weight excluding hydrogens is 204 g/mol. The minimum Gasteiger partial charge on any atom is -0.337 e. The van der Waals surface area contributed by atoms with Crippen LogP contribution in [0, 0.1) is 0 Å². The predicted octanol–water partition coefficient (Wildman–Crippen LogP) is 0.399. The van der Waals surface area contributed by atoms with E-state index in [0.29, 0.717) is 0 Å². The van der Waals surface area contributed by atoms with Crippen molar-refractivity contribution in [3.05, 3.63) is 30.4 Å². The molecule has 1 unspecified atom stereocenters. The van der Waals surface area contributed by atoms with Crippen LogP contribution in [-0.2, 0) is 20.6 Å². The van der Waals surface area contributed by atoms with Crippen LogP contribution in [-0.4, -0.2) is 24.3 Å². The van der Waals surface area contributed by atoms with Crippen LogP contribution in [0.25, 0.3) is 0 Å². The number of aromatic nitrogens is 5. The molecule has 86 valence electrons. The first-order chi connectivity index (χ1) is 7.68. The monoisotopic (exact) mass is 220 g/mol. The van der Waals surface area contributed by atoms with Crippen molar-refractivity contribution in [3.63, 3.8) is 0 Å². The lowest BCUT2D eigenvalue weighted by Crippen LogP contribution is -2.22. The first-order valence-corrected chi connectivity index (χ1v) is 5.22. The van der Waals surface area contributed by atoms with E-state index in [-0.39, 0.29) is 6.04 Å². The van der Waals surface area contributed by atoms with Crippen molar-refractivity contribution in [1.82, 2.24) is 29.6 Å². The van der Waals surface area contributed by atoms with Gasteiger partial charge in [-0.1, -0.05) is 0 Å². The van der Waals surface area contributed by atoms with Gasteiger partial charge in [0.1, 0.15) is 18.0 Å². The summed E-state index contributed by atoms with van der Waals surface area (Å²) in [5.41, 5.74) is 0. The Hall–Kier alpha value is -1.69. The highest BCUT2D eigenvalue weighted by atomic mass is 15.3. The molecule has 0 fully saturated rings. The largest absolute Gasteiger partial charge is 0.337 e. The molecule has 0 amide bonds. The van der Waals surface area contributed by atoms with Crippen molar-refractivity contribution in [1.29, 1.82) is 0 Å². The van der Waals surface area contributed by atoms with Gasteiger partial charge in [-0.05, 0) is 6.92 Å². The van der Waals surface area contributed by atoms with Crippen LogP contribution in [0.3, 0.4) is 0 Å². The van der Waals surface area contributed by atoms with E-state index in [0.717, 1.165) is 18.2 Å². The van der Waals surface area contributed by atoms with Crippen LogP contribution in [0.2, 0.25) is 0 Å². The molecule has 0 radical (unpaired) electrons. The van der Waals surface area contributed by atoms with Crippen LogP contribution in [0.1, 0.15) is 24.6 Å². The summed E-state index contributed by atoms with van der Waals surface area (Å²) in [4.78, 5) is 4.25. The SMILES string of the molecule is CC(NCc1nccn1C)c1nncn1C. The molecule has 1 N–H and O–H groups in total. The summed E-state index contributed by atoms with van der Waals surface area (Å²) in [6.45, 7) is 2.78. The molecule has 2 rings (SSSR count). The van der Waals surface area contributed by atoms with Gasteiger partial charge >= 0.3 is 0 Å². The molecule has 6 heteroatoms. The Kier molecular flexibility index (Phi) is 3.00. The fraction of sp³-hybridized carbons (Fsp3) is 0.500. The highest BCUT2D eigenvalue weighted by molar-refractivity contribution is 4.95. The molecular formula is C10H16N6. The molecule has 2 aromatic heterocycles. The molecule has 0 aliphatic heterocycles. The molecule has 1 atom stereocenters. The summed E-state index contributed by atoms with van der Waals surface area (Å²) in [5.74, 6) is 1.93. The molecule has 2 heterocycles. The lowest BCUT2D eigenvalue weighted by atomic mass is 10.3. The molecule has 0 bridgehead atoms. The third-order valence-electron chi connectivity index (χ3n) is 2.62. The smallest absolute Gasteiger partial charge is 0.149 e. The fourth-order valence-corrected chi connectivity index (χ4v) is 1.59. The van der Waals surface area contributed by atoms with Gasteiger partial charge in [0.05, 0.1) is 12.6 Å². The fourth-order valence-electron chi connectivity index (χ4n) is 1.59. The number of hydrogen-bond acceptors (Lipinski definition) is 4. The Labute approximate surface area is 94.3 Å². The van der Waals surface area contributed by atoms with Crippen molar-refractivity contribution in [2.24, 2.45) is 14.1 Å². The van der Waals surface area contributed by atoms with E-state index in [1.54, 1.807) is 12.5 Å². The second kappa shape index (κ2) is 4.44. The van der Waals surface area contributed by atoms with E-state index >= 15 is 0 Å². The maximum Gasteiger partial charge on any atom is 0.149 e.